The van der Waals surface area contributed by atoms with Gasteiger partial charge in [-0.15, -0.1) is 0 Å². The minimum atomic E-state index is -0.0894. The molecule has 0 aliphatic rings. The molecule has 0 radical (unpaired) electrons. The van der Waals surface area contributed by atoms with E-state index in [9.17, 15) is 4.79 Å². The number of ether oxygens (including phenoxy) is 3. The zero-order valence-corrected chi connectivity index (χ0v) is 25.8. The number of anilines is 2. The lowest BCUT2D eigenvalue weighted by Crippen LogP contribution is -2.11. The van der Waals surface area contributed by atoms with Gasteiger partial charge in [-0.3, -0.25) is 4.79 Å². The third kappa shape index (κ3) is 9.52. The van der Waals surface area contributed by atoms with Crippen molar-refractivity contribution >= 4 is 44.7 Å². The molecule has 0 bridgehead atoms. The van der Waals surface area contributed by atoms with Gasteiger partial charge in [-0.1, -0.05) is 81.6 Å². The standard InChI is InChI=1S/C34H35BrClNO4/c1-24-7-9-26(10-8-24)15-16-39-17-18-40-19-20-41-23-27-21-28(35)11-14-33(27)37-29-12-13-31(32(36)22-29)34(38)30-6-4-3-5-25(30)2/h3-14,21-22,37H,15-20,23H2,1-2H3. The van der Waals surface area contributed by atoms with E-state index < -0.39 is 0 Å². The first-order chi connectivity index (χ1) is 19.9. The fourth-order valence-corrected chi connectivity index (χ4v) is 4.95. The summed E-state index contributed by atoms with van der Waals surface area (Å²) in [4.78, 5) is 13.0. The number of rotatable bonds is 15. The summed E-state index contributed by atoms with van der Waals surface area (Å²) in [6, 6.07) is 27.4. The van der Waals surface area contributed by atoms with Gasteiger partial charge in [0, 0.05) is 32.5 Å². The lowest BCUT2D eigenvalue weighted by Gasteiger charge is -2.15. The van der Waals surface area contributed by atoms with Crippen LogP contribution in [0.1, 0.15) is 38.2 Å². The van der Waals surface area contributed by atoms with Gasteiger partial charge < -0.3 is 19.5 Å². The lowest BCUT2D eigenvalue weighted by molar-refractivity contribution is 0.0112. The topological polar surface area (TPSA) is 56.8 Å². The maximum Gasteiger partial charge on any atom is 0.194 e. The highest BCUT2D eigenvalue weighted by Crippen LogP contribution is 2.29. The zero-order valence-electron chi connectivity index (χ0n) is 23.4. The van der Waals surface area contributed by atoms with Gasteiger partial charge >= 0.3 is 0 Å². The van der Waals surface area contributed by atoms with Crippen LogP contribution in [-0.2, 0) is 27.2 Å². The van der Waals surface area contributed by atoms with Crippen molar-refractivity contribution in [1.82, 2.24) is 0 Å². The van der Waals surface area contributed by atoms with Crippen LogP contribution in [0.15, 0.2) is 89.4 Å². The van der Waals surface area contributed by atoms with Gasteiger partial charge in [-0.25, -0.2) is 0 Å². The smallest absolute Gasteiger partial charge is 0.194 e. The minimum absolute atomic E-state index is 0.0894. The summed E-state index contributed by atoms with van der Waals surface area (Å²) in [5.41, 5.74) is 7.24. The number of halogens is 2. The van der Waals surface area contributed by atoms with Crippen LogP contribution < -0.4 is 5.32 Å². The molecule has 4 aromatic rings. The second kappa shape index (κ2) is 15.9. The molecule has 5 nitrogen and oxygen atoms in total. The van der Waals surface area contributed by atoms with Crippen LogP contribution in [-0.4, -0.2) is 38.8 Å². The monoisotopic (exact) mass is 635 g/mol. The Labute approximate surface area is 255 Å². The molecule has 0 atom stereocenters. The summed E-state index contributed by atoms with van der Waals surface area (Å²) in [5.74, 6) is -0.0894. The minimum Gasteiger partial charge on any atom is -0.379 e. The summed E-state index contributed by atoms with van der Waals surface area (Å²) >= 11 is 10.1. The fraction of sp³-hybridized carbons (Fsp3) is 0.265. The average Bonchev–Trinajstić information content (AvgIpc) is 2.96. The lowest BCUT2D eigenvalue weighted by atomic mass is 9.99. The third-order valence-corrected chi connectivity index (χ3v) is 7.41. The Morgan fingerprint density at radius 2 is 1.49 bits per heavy atom. The van der Waals surface area contributed by atoms with Gasteiger partial charge in [0.25, 0.3) is 0 Å². The molecule has 0 heterocycles. The van der Waals surface area contributed by atoms with Crippen molar-refractivity contribution in [2.75, 3.05) is 38.4 Å². The highest BCUT2D eigenvalue weighted by Gasteiger charge is 2.15. The maximum atomic E-state index is 13.0. The molecular weight excluding hydrogens is 602 g/mol. The van der Waals surface area contributed by atoms with Crippen LogP contribution in [0.2, 0.25) is 5.02 Å². The Kier molecular flexibility index (Phi) is 12.0. The van der Waals surface area contributed by atoms with Crippen LogP contribution in [0, 0.1) is 13.8 Å². The molecule has 4 rings (SSSR count). The normalized spacial score (nSPS) is 11.0. The van der Waals surface area contributed by atoms with E-state index in [1.807, 2.05) is 55.5 Å². The molecule has 4 aromatic carbocycles. The summed E-state index contributed by atoms with van der Waals surface area (Å²) in [5, 5.41) is 3.81. The van der Waals surface area contributed by atoms with E-state index in [0.717, 1.165) is 33.4 Å². The summed E-state index contributed by atoms with van der Waals surface area (Å²) in [6.07, 6.45) is 0.897. The molecule has 0 spiro atoms. The summed E-state index contributed by atoms with van der Waals surface area (Å²) in [7, 11) is 0. The molecule has 214 valence electrons. The first-order valence-electron chi connectivity index (χ1n) is 13.6. The molecule has 0 aliphatic carbocycles. The van der Waals surface area contributed by atoms with Gasteiger partial charge in [0.15, 0.2) is 5.78 Å². The molecule has 0 amide bonds. The van der Waals surface area contributed by atoms with Gasteiger partial charge in [-0.2, -0.15) is 0 Å². The average molecular weight is 637 g/mol. The molecular formula is C34H35BrClNO4. The molecule has 0 saturated carbocycles. The number of hydrogen-bond acceptors (Lipinski definition) is 5. The first-order valence-corrected chi connectivity index (χ1v) is 14.8. The Morgan fingerprint density at radius 3 is 2.22 bits per heavy atom. The quantitative estimate of drug-likeness (QED) is 0.105. The van der Waals surface area contributed by atoms with Crippen molar-refractivity contribution in [3.05, 3.63) is 128 Å². The molecule has 0 aromatic heterocycles. The molecule has 0 aliphatic heterocycles. The Hall–Kier alpha value is -3.00. The van der Waals surface area contributed by atoms with Gasteiger partial charge in [0.2, 0.25) is 0 Å². The van der Waals surface area contributed by atoms with Crippen LogP contribution in [0.5, 0.6) is 0 Å². The number of benzene rings is 4. The Balaban J connectivity index is 1.21. The first kappa shape index (κ1) is 30.9. The summed E-state index contributed by atoms with van der Waals surface area (Å²) in [6.45, 7) is 7.15. The third-order valence-electron chi connectivity index (χ3n) is 6.61. The predicted octanol–water partition coefficient (Wildman–Crippen LogP) is 8.49. The van der Waals surface area contributed by atoms with E-state index in [4.69, 9.17) is 25.8 Å². The van der Waals surface area contributed by atoms with E-state index in [1.54, 1.807) is 12.1 Å². The van der Waals surface area contributed by atoms with E-state index in [1.165, 1.54) is 11.1 Å². The molecule has 1 N–H and O–H groups in total. The van der Waals surface area contributed by atoms with Crippen LogP contribution >= 0.6 is 27.5 Å². The van der Waals surface area contributed by atoms with Crippen LogP contribution in [0.3, 0.4) is 0 Å². The van der Waals surface area contributed by atoms with Crippen molar-refractivity contribution in [2.45, 2.75) is 26.9 Å². The van der Waals surface area contributed by atoms with E-state index in [2.05, 4.69) is 52.4 Å². The van der Waals surface area contributed by atoms with Crippen LogP contribution in [0.4, 0.5) is 11.4 Å². The second-order valence-corrected chi connectivity index (χ2v) is 11.1. The number of ketones is 1. The number of carbonyl (C=O) groups is 1. The molecule has 41 heavy (non-hydrogen) atoms. The van der Waals surface area contributed by atoms with Crippen molar-refractivity contribution in [3.63, 3.8) is 0 Å². The zero-order chi connectivity index (χ0) is 29.0. The molecule has 0 unspecified atom stereocenters. The van der Waals surface area contributed by atoms with E-state index in [-0.39, 0.29) is 5.78 Å². The summed E-state index contributed by atoms with van der Waals surface area (Å²) < 4.78 is 18.2. The largest absolute Gasteiger partial charge is 0.379 e. The van der Waals surface area contributed by atoms with Crippen molar-refractivity contribution in [2.24, 2.45) is 0 Å². The molecule has 0 fully saturated rings. The van der Waals surface area contributed by atoms with Crippen molar-refractivity contribution in [3.8, 4) is 0 Å². The predicted molar refractivity (Wildman–Crippen MR) is 170 cm³/mol. The number of hydrogen-bond donors (Lipinski definition) is 1. The highest BCUT2D eigenvalue weighted by molar-refractivity contribution is 9.10. The Morgan fingerprint density at radius 1 is 0.780 bits per heavy atom. The van der Waals surface area contributed by atoms with Crippen molar-refractivity contribution in [1.29, 1.82) is 0 Å². The van der Waals surface area contributed by atoms with Gasteiger partial charge in [0.05, 0.1) is 44.7 Å². The van der Waals surface area contributed by atoms with Gasteiger partial charge in [0.1, 0.15) is 0 Å². The van der Waals surface area contributed by atoms with Crippen molar-refractivity contribution < 1.29 is 19.0 Å². The number of nitrogens with one attached hydrogen (secondary N) is 1. The maximum absolute atomic E-state index is 13.0. The SMILES string of the molecule is Cc1ccc(CCOCCOCCOCc2cc(Br)ccc2Nc2ccc(C(=O)c3ccccc3C)c(Cl)c2)cc1. The van der Waals surface area contributed by atoms with E-state index >= 15 is 0 Å². The Bertz CT molecular complexity index is 1440. The highest BCUT2D eigenvalue weighted by atomic mass is 79.9. The fourth-order valence-electron chi connectivity index (χ4n) is 4.28. The van der Waals surface area contributed by atoms with Crippen LogP contribution in [0.25, 0.3) is 0 Å². The second-order valence-electron chi connectivity index (χ2n) is 9.78. The number of carbonyl (C=O) groups excluding carboxylic acids is 1. The number of aryl methyl sites for hydroxylation is 2. The molecule has 0 saturated heterocycles. The molecule has 7 heteroatoms. The van der Waals surface area contributed by atoms with E-state index in [0.29, 0.717) is 55.8 Å². The van der Waals surface area contributed by atoms with Gasteiger partial charge in [-0.05, 0) is 67.8 Å².